The van der Waals surface area contributed by atoms with Crippen LogP contribution in [0.5, 0.6) is 0 Å². The first-order valence-corrected chi connectivity index (χ1v) is 10.6. The van der Waals surface area contributed by atoms with Crippen molar-refractivity contribution in [3.05, 3.63) is 47.8 Å². The van der Waals surface area contributed by atoms with Crippen LogP contribution in [0.15, 0.2) is 41.6 Å². The molecule has 1 N–H and O–H groups in total. The van der Waals surface area contributed by atoms with Crippen LogP contribution < -0.4 is 4.72 Å². The zero-order valence-corrected chi connectivity index (χ0v) is 16.3. The Labute approximate surface area is 159 Å². The third-order valence-corrected chi connectivity index (χ3v) is 6.28. The second kappa shape index (κ2) is 6.94. The van der Waals surface area contributed by atoms with Gasteiger partial charge in [0.1, 0.15) is 4.90 Å². The van der Waals surface area contributed by atoms with Crippen molar-refractivity contribution in [2.24, 2.45) is 7.05 Å². The second-order valence-electron chi connectivity index (χ2n) is 7.01. The van der Waals surface area contributed by atoms with Gasteiger partial charge >= 0.3 is 0 Å². The molecule has 1 aliphatic heterocycles. The molecule has 0 unspecified atom stereocenters. The lowest BCUT2D eigenvalue weighted by atomic mass is 10.1. The first kappa shape index (κ1) is 17.9. The predicted molar refractivity (Wildman–Crippen MR) is 105 cm³/mol. The van der Waals surface area contributed by atoms with Crippen molar-refractivity contribution < 1.29 is 8.42 Å². The van der Waals surface area contributed by atoms with Gasteiger partial charge in [0.2, 0.25) is 0 Å². The highest BCUT2D eigenvalue weighted by atomic mass is 32.2. The van der Waals surface area contributed by atoms with E-state index in [1.165, 1.54) is 30.2 Å². The van der Waals surface area contributed by atoms with Gasteiger partial charge in [-0.15, -0.1) is 0 Å². The number of aromatic nitrogens is 3. The van der Waals surface area contributed by atoms with Crippen LogP contribution in [-0.4, -0.2) is 34.6 Å². The maximum absolute atomic E-state index is 12.8. The molecule has 0 radical (unpaired) electrons. The molecule has 0 saturated heterocycles. The van der Waals surface area contributed by atoms with Gasteiger partial charge in [-0.1, -0.05) is 19.4 Å². The molecule has 142 valence electrons. The van der Waals surface area contributed by atoms with E-state index < -0.39 is 10.0 Å². The highest BCUT2D eigenvalue weighted by molar-refractivity contribution is 7.92. The van der Waals surface area contributed by atoms with Crippen LogP contribution in [0.4, 0.5) is 5.69 Å². The molecule has 0 bridgehead atoms. The second-order valence-corrected chi connectivity index (χ2v) is 8.69. The van der Waals surface area contributed by atoms with E-state index in [9.17, 15) is 8.42 Å². The van der Waals surface area contributed by atoms with Gasteiger partial charge in [0.25, 0.3) is 10.0 Å². The number of sulfonamides is 1. The summed E-state index contributed by atoms with van der Waals surface area (Å²) in [5.41, 5.74) is 3.69. The van der Waals surface area contributed by atoms with E-state index in [0.29, 0.717) is 16.7 Å². The third kappa shape index (κ3) is 3.54. The van der Waals surface area contributed by atoms with Crippen LogP contribution in [-0.2, 0) is 30.2 Å². The molecule has 3 heterocycles. The van der Waals surface area contributed by atoms with Crippen molar-refractivity contribution in [3.63, 3.8) is 0 Å². The number of aryl methyl sites for hydroxylation is 1. The average Bonchev–Trinajstić information content (AvgIpc) is 3.22. The van der Waals surface area contributed by atoms with Gasteiger partial charge in [0, 0.05) is 37.4 Å². The van der Waals surface area contributed by atoms with Gasteiger partial charge in [-0.25, -0.2) is 13.4 Å². The molecule has 0 saturated carbocycles. The molecule has 3 aromatic rings. The van der Waals surface area contributed by atoms with E-state index >= 15 is 0 Å². The predicted octanol–water partition coefficient (Wildman–Crippen LogP) is 2.88. The summed E-state index contributed by atoms with van der Waals surface area (Å²) in [6, 6.07) is 7.38. The summed E-state index contributed by atoms with van der Waals surface area (Å²) in [5, 5.41) is 4.80. The van der Waals surface area contributed by atoms with E-state index in [0.717, 1.165) is 19.6 Å². The normalized spacial score (nSPS) is 14.6. The molecule has 27 heavy (non-hydrogen) atoms. The molecule has 1 aliphatic rings. The lowest BCUT2D eigenvalue weighted by molar-refractivity contribution is 0.279. The molecule has 0 aliphatic carbocycles. The molecule has 8 heteroatoms. The van der Waals surface area contributed by atoms with E-state index in [1.807, 2.05) is 18.2 Å². The molecule has 0 spiro atoms. The summed E-state index contributed by atoms with van der Waals surface area (Å²) in [7, 11) is -1.93. The zero-order valence-electron chi connectivity index (χ0n) is 15.5. The summed E-state index contributed by atoms with van der Waals surface area (Å²) in [6.45, 7) is 5.06. The number of benzene rings is 1. The number of pyridine rings is 1. The Balaban J connectivity index is 1.55. The average molecular weight is 385 g/mol. The van der Waals surface area contributed by atoms with Crippen molar-refractivity contribution >= 4 is 26.7 Å². The molecule has 0 atom stereocenters. The van der Waals surface area contributed by atoms with Gasteiger partial charge in [-0.05, 0) is 42.3 Å². The van der Waals surface area contributed by atoms with Gasteiger partial charge in [0.15, 0.2) is 5.65 Å². The summed E-state index contributed by atoms with van der Waals surface area (Å²) >= 11 is 0. The van der Waals surface area contributed by atoms with Crippen LogP contribution >= 0.6 is 0 Å². The fourth-order valence-electron chi connectivity index (χ4n) is 3.45. The minimum atomic E-state index is -3.70. The minimum absolute atomic E-state index is 0.132. The van der Waals surface area contributed by atoms with Gasteiger partial charge in [-0.3, -0.25) is 14.3 Å². The van der Waals surface area contributed by atoms with Crippen LogP contribution in [0.3, 0.4) is 0 Å². The number of hydrogen-bond acceptors (Lipinski definition) is 5. The number of fused-ring (bicyclic) bond motifs is 2. The summed E-state index contributed by atoms with van der Waals surface area (Å²) in [5.74, 6) is 0. The summed E-state index contributed by atoms with van der Waals surface area (Å²) in [4.78, 5) is 6.75. The summed E-state index contributed by atoms with van der Waals surface area (Å²) < 4.78 is 29.8. The van der Waals surface area contributed by atoms with E-state index in [2.05, 4.69) is 26.6 Å². The first-order valence-electron chi connectivity index (χ1n) is 9.11. The Morgan fingerprint density at radius 3 is 2.78 bits per heavy atom. The van der Waals surface area contributed by atoms with Crippen molar-refractivity contribution in [3.8, 4) is 0 Å². The van der Waals surface area contributed by atoms with Crippen LogP contribution in [0.25, 0.3) is 11.0 Å². The lowest BCUT2D eigenvalue weighted by Gasteiger charge is -2.13. The fraction of sp³-hybridized carbons (Fsp3) is 0.368. The van der Waals surface area contributed by atoms with Crippen molar-refractivity contribution in [2.45, 2.75) is 37.8 Å². The Kier molecular flexibility index (Phi) is 4.61. The van der Waals surface area contributed by atoms with Gasteiger partial charge in [-0.2, -0.15) is 5.10 Å². The maximum Gasteiger partial charge on any atom is 0.263 e. The molecule has 2 aromatic heterocycles. The number of anilines is 1. The number of nitrogens with zero attached hydrogens (tertiary/aromatic N) is 4. The van der Waals surface area contributed by atoms with Gasteiger partial charge < -0.3 is 0 Å². The topological polar surface area (TPSA) is 80.1 Å². The van der Waals surface area contributed by atoms with Crippen molar-refractivity contribution in [1.82, 2.24) is 19.7 Å². The molecule has 0 fully saturated rings. The Bertz CT molecular complexity index is 1090. The quantitative estimate of drug-likeness (QED) is 0.706. The molecule has 7 nitrogen and oxygen atoms in total. The highest BCUT2D eigenvalue weighted by Crippen LogP contribution is 2.27. The Hall–Kier alpha value is -2.45. The van der Waals surface area contributed by atoms with E-state index in [-0.39, 0.29) is 4.90 Å². The number of rotatable bonds is 6. The van der Waals surface area contributed by atoms with Crippen LogP contribution in [0.2, 0.25) is 0 Å². The number of hydrogen-bond donors (Lipinski definition) is 1. The number of unbranched alkanes of at least 4 members (excludes halogenated alkanes) is 1. The zero-order chi connectivity index (χ0) is 19.0. The minimum Gasteiger partial charge on any atom is -0.295 e. The highest BCUT2D eigenvalue weighted by Gasteiger charge is 2.21. The lowest BCUT2D eigenvalue weighted by Crippen LogP contribution is -2.17. The standard InChI is InChI=1S/C19H23N5O2S/c1-3-4-7-24-12-14-5-6-17(8-16(14)13-24)22-27(25,26)18-9-15-10-21-23(2)19(15)20-11-18/h5-6,8-11,22H,3-4,7,12-13H2,1-2H3. The molecule has 4 rings (SSSR count). The largest absolute Gasteiger partial charge is 0.295 e. The maximum atomic E-state index is 12.8. The monoisotopic (exact) mass is 385 g/mol. The molecule has 1 aromatic carbocycles. The third-order valence-electron chi connectivity index (χ3n) is 4.93. The first-order chi connectivity index (χ1) is 13.0. The van der Waals surface area contributed by atoms with Crippen LogP contribution in [0, 0.1) is 0 Å². The summed E-state index contributed by atoms with van der Waals surface area (Å²) in [6.07, 6.45) is 5.33. The Morgan fingerprint density at radius 2 is 1.96 bits per heavy atom. The number of nitrogens with one attached hydrogen (secondary N) is 1. The Morgan fingerprint density at radius 1 is 1.15 bits per heavy atom. The van der Waals surface area contributed by atoms with Gasteiger partial charge in [0.05, 0.1) is 6.20 Å². The molecular weight excluding hydrogens is 362 g/mol. The van der Waals surface area contributed by atoms with Crippen molar-refractivity contribution in [2.75, 3.05) is 11.3 Å². The van der Waals surface area contributed by atoms with Crippen LogP contribution in [0.1, 0.15) is 30.9 Å². The molecular formula is C19H23N5O2S. The van der Waals surface area contributed by atoms with E-state index in [4.69, 9.17) is 0 Å². The molecule has 0 amide bonds. The SMILES string of the molecule is CCCCN1Cc2ccc(NS(=O)(=O)c3cnc4c(cnn4C)c3)cc2C1. The van der Waals surface area contributed by atoms with E-state index in [1.54, 1.807) is 24.0 Å². The van der Waals surface area contributed by atoms with Crippen molar-refractivity contribution in [1.29, 1.82) is 0 Å². The smallest absolute Gasteiger partial charge is 0.263 e. The fourth-order valence-corrected chi connectivity index (χ4v) is 4.48.